The highest BCUT2D eigenvalue weighted by Gasteiger charge is 2.34. The molecule has 16 heteroatoms. The number of benzene rings is 2. The molecule has 4 N–H and O–H groups in total. The third-order valence-electron chi connectivity index (χ3n) is 6.76. The van der Waals surface area contributed by atoms with Crippen molar-refractivity contribution in [3.8, 4) is 0 Å². The Labute approximate surface area is 298 Å². The summed E-state index contributed by atoms with van der Waals surface area (Å²) in [5.74, 6) is -3.56. The maximum atomic E-state index is 14.4. The summed E-state index contributed by atoms with van der Waals surface area (Å²) in [6.07, 6.45) is -2.75. The largest absolute Gasteiger partial charge is 0.450 e. The molecule has 13 nitrogen and oxygen atoms in total. The Balaban J connectivity index is 2.02. The molecule has 0 aliphatic rings. The van der Waals surface area contributed by atoms with Crippen LogP contribution in [0.2, 0.25) is 0 Å². The van der Waals surface area contributed by atoms with Crippen molar-refractivity contribution < 1.29 is 50.6 Å². The van der Waals surface area contributed by atoms with Gasteiger partial charge in [0.05, 0.1) is 17.8 Å². The van der Waals surface area contributed by atoms with E-state index in [9.17, 15) is 36.4 Å². The minimum atomic E-state index is -4.04. The first-order valence-electron chi connectivity index (χ1n) is 16.5. The molecule has 1 unspecified atom stereocenters. The lowest BCUT2D eigenvalue weighted by Gasteiger charge is -2.28. The van der Waals surface area contributed by atoms with E-state index < -0.39 is 80.9 Å². The van der Waals surface area contributed by atoms with Crippen LogP contribution >= 0.6 is 0 Å². The molecule has 2 aromatic carbocycles. The molecule has 0 fully saturated rings. The van der Waals surface area contributed by atoms with Gasteiger partial charge in [0.2, 0.25) is 16.1 Å². The van der Waals surface area contributed by atoms with Crippen LogP contribution in [0.15, 0.2) is 48.5 Å². The average Bonchev–Trinajstić information content (AvgIpc) is 2.97. The Morgan fingerprint density at radius 3 is 1.98 bits per heavy atom. The molecular formula is C35H50F2N4O9S. The van der Waals surface area contributed by atoms with E-state index in [1.807, 2.05) is 6.07 Å². The lowest BCUT2D eigenvalue weighted by Crippen LogP contribution is -2.54. The van der Waals surface area contributed by atoms with Gasteiger partial charge in [-0.25, -0.2) is 31.5 Å². The predicted octanol–water partition coefficient (Wildman–Crippen LogP) is 4.28. The third-order valence-corrected chi connectivity index (χ3v) is 8.24. The third kappa shape index (κ3) is 18.0. The molecule has 0 spiro atoms. The van der Waals surface area contributed by atoms with Crippen molar-refractivity contribution >= 4 is 34.1 Å². The van der Waals surface area contributed by atoms with Crippen LogP contribution in [-0.4, -0.2) is 80.7 Å². The van der Waals surface area contributed by atoms with Gasteiger partial charge < -0.3 is 30.2 Å². The first kappa shape index (κ1) is 42.9. The van der Waals surface area contributed by atoms with Crippen molar-refractivity contribution in [1.82, 2.24) is 20.7 Å². The number of carbonyl (C=O) groups excluding carboxylic acids is 4. The smallest absolute Gasteiger partial charge is 0.408 e. The molecule has 0 saturated carbocycles. The molecule has 2 rings (SSSR count). The number of alkyl carbamates (subject to hydrolysis) is 2. The minimum absolute atomic E-state index is 0.0457. The number of sulfonamides is 1. The van der Waals surface area contributed by atoms with Crippen molar-refractivity contribution in [3.05, 3.63) is 71.3 Å². The molecule has 3 atom stereocenters. The van der Waals surface area contributed by atoms with Gasteiger partial charge in [-0.15, -0.1) is 0 Å². The fourth-order valence-electron chi connectivity index (χ4n) is 4.76. The van der Waals surface area contributed by atoms with Crippen molar-refractivity contribution in [3.63, 3.8) is 0 Å². The number of hydrogen-bond acceptors (Lipinski definition) is 9. The van der Waals surface area contributed by atoms with Gasteiger partial charge in [0.1, 0.15) is 22.8 Å². The summed E-state index contributed by atoms with van der Waals surface area (Å²) in [5, 5.41) is 7.75. The molecule has 3 amide bonds. The Kier molecular flexibility index (Phi) is 16.3. The van der Waals surface area contributed by atoms with Gasteiger partial charge in [-0.3, -0.25) is 9.59 Å². The van der Waals surface area contributed by atoms with Gasteiger partial charge in [0, 0.05) is 20.0 Å². The zero-order valence-electron chi connectivity index (χ0n) is 30.1. The fraction of sp³-hybridized carbons (Fsp3) is 0.543. The molecule has 0 saturated heterocycles. The van der Waals surface area contributed by atoms with E-state index in [1.165, 1.54) is 0 Å². The van der Waals surface area contributed by atoms with Crippen molar-refractivity contribution in [2.45, 2.75) is 104 Å². The number of esters is 1. The highest BCUT2D eigenvalue weighted by Crippen LogP contribution is 2.15. The van der Waals surface area contributed by atoms with Crippen molar-refractivity contribution in [2.75, 3.05) is 18.8 Å². The minimum Gasteiger partial charge on any atom is -0.450 e. The zero-order valence-corrected chi connectivity index (χ0v) is 31.0. The van der Waals surface area contributed by atoms with Gasteiger partial charge >= 0.3 is 18.2 Å². The number of halogens is 2. The fourth-order valence-corrected chi connectivity index (χ4v) is 6.07. The van der Waals surface area contributed by atoms with Gasteiger partial charge in [-0.2, -0.15) is 0 Å². The summed E-state index contributed by atoms with van der Waals surface area (Å²) >= 11 is 0. The van der Waals surface area contributed by atoms with E-state index in [0.717, 1.165) is 30.7 Å². The Morgan fingerprint density at radius 2 is 1.39 bits per heavy atom. The SMILES string of the molecule is CC(=O)O[C@H](C(=O)NCCCCNS(=O)(=O)CC(Cc1cc(F)ccc1F)NC(=O)OC(C)(C)C)[C@@H](Cc1ccccc1)NC(=O)OC(C)(C)C. The quantitative estimate of drug-likeness (QED) is 0.105. The maximum Gasteiger partial charge on any atom is 0.408 e. The van der Waals surface area contributed by atoms with E-state index >= 15 is 0 Å². The highest BCUT2D eigenvalue weighted by atomic mass is 32.2. The van der Waals surface area contributed by atoms with Gasteiger partial charge in [-0.05, 0) is 96.6 Å². The Morgan fingerprint density at radius 1 is 0.804 bits per heavy atom. The number of rotatable bonds is 17. The van der Waals surface area contributed by atoms with E-state index in [2.05, 4.69) is 20.7 Å². The monoisotopic (exact) mass is 740 g/mol. The van der Waals surface area contributed by atoms with Crippen LogP contribution in [0.5, 0.6) is 0 Å². The van der Waals surface area contributed by atoms with Crippen LogP contribution < -0.4 is 20.7 Å². The maximum absolute atomic E-state index is 14.4. The second-order valence-corrected chi connectivity index (χ2v) is 15.8. The topological polar surface area (TPSA) is 178 Å². The average molecular weight is 741 g/mol. The van der Waals surface area contributed by atoms with Crippen molar-refractivity contribution in [2.24, 2.45) is 0 Å². The molecule has 0 bridgehead atoms. The summed E-state index contributed by atoms with van der Waals surface area (Å²) in [7, 11) is -4.04. The van der Waals surface area contributed by atoms with Crippen LogP contribution in [0.1, 0.15) is 72.4 Å². The van der Waals surface area contributed by atoms with Crippen molar-refractivity contribution in [1.29, 1.82) is 0 Å². The lowest BCUT2D eigenvalue weighted by atomic mass is 10.0. The molecule has 0 heterocycles. The second-order valence-electron chi connectivity index (χ2n) is 13.9. The van der Waals surface area contributed by atoms with Crippen LogP contribution in [-0.2, 0) is 46.7 Å². The molecule has 284 valence electrons. The summed E-state index contributed by atoms with van der Waals surface area (Å²) in [4.78, 5) is 50.4. The first-order chi connectivity index (χ1) is 23.6. The van der Waals surface area contributed by atoms with E-state index in [-0.39, 0.29) is 37.9 Å². The number of ether oxygens (including phenoxy) is 3. The predicted molar refractivity (Wildman–Crippen MR) is 186 cm³/mol. The van der Waals surface area contributed by atoms with Gasteiger partial charge in [-0.1, -0.05) is 30.3 Å². The van der Waals surface area contributed by atoms with Gasteiger partial charge in [0.25, 0.3) is 5.91 Å². The molecule has 0 aromatic heterocycles. The number of hydrogen-bond donors (Lipinski definition) is 4. The van der Waals surface area contributed by atoms with Crippen LogP contribution in [0.3, 0.4) is 0 Å². The first-order valence-corrected chi connectivity index (χ1v) is 18.2. The molecule has 0 aliphatic carbocycles. The van der Waals surface area contributed by atoms with E-state index in [0.29, 0.717) is 6.42 Å². The molecule has 51 heavy (non-hydrogen) atoms. The molecule has 0 radical (unpaired) electrons. The van der Waals surface area contributed by atoms with Crippen LogP contribution in [0.4, 0.5) is 18.4 Å². The number of amides is 3. The zero-order chi connectivity index (χ0) is 38.4. The van der Waals surface area contributed by atoms with E-state index in [1.54, 1.807) is 65.8 Å². The molecule has 0 aliphatic heterocycles. The molecular weight excluding hydrogens is 690 g/mol. The van der Waals surface area contributed by atoms with Crippen LogP contribution in [0, 0.1) is 11.6 Å². The summed E-state index contributed by atoms with van der Waals surface area (Å²) in [6.45, 7) is 11.1. The summed E-state index contributed by atoms with van der Waals surface area (Å²) in [5.41, 5.74) is -1.07. The normalized spacial score (nSPS) is 13.7. The van der Waals surface area contributed by atoms with E-state index in [4.69, 9.17) is 14.2 Å². The number of unbranched alkanes of at least 4 members (excludes halogenated alkanes) is 1. The standard InChI is InChI=1S/C35H50F2N4O9S/c1-23(42)48-30(29(19-24-13-9-8-10-14-24)41-33(45)50-35(5,6)7)31(43)38-17-11-12-18-39-51(46,47)22-27(40-32(44)49-34(2,3)4)21-25-20-26(36)15-16-28(25)37/h8-10,13-16,20,27,29-30,39H,11-12,17-19,21-22H2,1-7H3,(H,38,43)(H,40,44)(H,41,45)/t27?,29-,30+/m1/s1. The number of nitrogens with one attached hydrogen (secondary N) is 4. The highest BCUT2D eigenvalue weighted by molar-refractivity contribution is 7.89. The Hall–Kier alpha value is -4.31. The lowest BCUT2D eigenvalue weighted by molar-refractivity contribution is -0.155. The number of carbonyl (C=O) groups is 4. The second kappa shape index (κ2) is 19.3. The Bertz CT molecular complexity index is 1580. The molecule has 2 aromatic rings. The van der Waals surface area contributed by atoms with Gasteiger partial charge in [0.15, 0.2) is 0 Å². The van der Waals surface area contributed by atoms with Crippen LogP contribution in [0.25, 0.3) is 0 Å². The summed E-state index contributed by atoms with van der Waals surface area (Å²) < 4.78 is 72.4. The summed E-state index contributed by atoms with van der Waals surface area (Å²) in [6, 6.07) is 9.60.